The summed E-state index contributed by atoms with van der Waals surface area (Å²) in [5.41, 5.74) is 2.76. The van der Waals surface area contributed by atoms with Crippen LogP contribution in [0.4, 0.5) is 8.78 Å². The van der Waals surface area contributed by atoms with Gasteiger partial charge in [0.25, 0.3) is 0 Å². The fourth-order valence-electron chi connectivity index (χ4n) is 5.91. The Morgan fingerprint density at radius 3 is 2.20 bits per heavy atom. The van der Waals surface area contributed by atoms with Gasteiger partial charge in [-0.1, -0.05) is 56.9 Å². The molecule has 0 heterocycles. The predicted octanol–water partition coefficient (Wildman–Crippen LogP) is 8.13. The molecule has 0 aromatic heterocycles. The molecule has 2 fully saturated rings. The van der Waals surface area contributed by atoms with E-state index >= 15 is 0 Å². The van der Waals surface area contributed by atoms with E-state index in [-0.39, 0.29) is 5.75 Å². The second kappa shape index (κ2) is 9.49. The Balaban J connectivity index is 1.41. The van der Waals surface area contributed by atoms with Crippen molar-refractivity contribution in [1.29, 1.82) is 0 Å². The quantitative estimate of drug-likeness (QED) is 0.465. The van der Waals surface area contributed by atoms with E-state index in [2.05, 4.69) is 19.1 Å². The molecule has 4 unspecified atom stereocenters. The first kappa shape index (κ1) is 21.3. The Hall–Kier alpha value is -1.90. The lowest BCUT2D eigenvalue weighted by Gasteiger charge is -2.42. The molecule has 4 atom stereocenters. The summed E-state index contributed by atoms with van der Waals surface area (Å²) in [7, 11) is 1.28. The van der Waals surface area contributed by atoms with Crippen LogP contribution in [0.2, 0.25) is 0 Å². The summed E-state index contributed by atoms with van der Waals surface area (Å²) in [4.78, 5) is 0. The standard InChI is InChI=1S/C27H34F2O/c1-3-4-5-18-6-7-23-15-22(13-12-21(23)14-18)19-8-10-20(11-9-19)24-16-25(28)27(30-2)26(29)17-24/h8-11,16-18,21-23H,3-7,12-15H2,1-2H3. The van der Waals surface area contributed by atoms with Crippen molar-refractivity contribution >= 4 is 0 Å². The van der Waals surface area contributed by atoms with E-state index in [1.54, 1.807) is 0 Å². The zero-order valence-electron chi connectivity index (χ0n) is 18.3. The zero-order valence-corrected chi connectivity index (χ0v) is 18.3. The van der Waals surface area contributed by atoms with Gasteiger partial charge in [-0.25, -0.2) is 8.78 Å². The zero-order chi connectivity index (χ0) is 21.1. The maximum atomic E-state index is 14.1. The van der Waals surface area contributed by atoms with Crippen LogP contribution in [0.1, 0.15) is 76.2 Å². The van der Waals surface area contributed by atoms with Gasteiger partial charge >= 0.3 is 0 Å². The SMILES string of the molecule is CCCCC1CCC2CC(c3ccc(-c4cc(F)c(OC)c(F)c4)cc3)CCC2C1. The third kappa shape index (κ3) is 4.55. The number of fused-ring (bicyclic) bond motifs is 1. The van der Waals surface area contributed by atoms with Crippen LogP contribution in [-0.2, 0) is 0 Å². The van der Waals surface area contributed by atoms with E-state index < -0.39 is 11.6 Å². The second-order valence-electron chi connectivity index (χ2n) is 9.45. The van der Waals surface area contributed by atoms with Crippen LogP contribution in [-0.4, -0.2) is 7.11 Å². The topological polar surface area (TPSA) is 9.23 Å². The summed E-state index contributed by atoms with van der Waals surface area (Å²) in [5, 5.41) is 0. The molecule has 2 aromatic carbocycles. The molecule has 3 heteroatoms. The van der Waals surface area contributed by atoms with Crippen molar-refractivity contribution < 1.29 is 13.5 Å². The van der Waals surface area contributed by atoms with Crippen molar-refractivity contribution in [3.8, 4) is 16.9 Å². The Morgan fingerprint density at radius 2 is 1.53 bits per heavy atom. The molecule has 0 saturated heterocycles. The average molecular weight is 413 g/mol. The molecular formula is C27H34F2O. The van der Waals surface area contributed by atoms with Crippen LogP contribution < -0.4 is 4.74 Å². The summed E-state index contributed by atoms with van der Waals surface area (Å²) in [5.74, 6) is 1.75. The van der Waals surface area contributed by atoms with Gasteiger partial charge < -0.3 is 4.74 Å². The van der Waals surface area contributed by atoms with Crippen LogP contribution in [0.25, 0.3) is 11.1 Å². The van der Waals surface area contributed by atoms with Crippen molar-refractivity contribution in [2.75, 3.05) is 7.11 Å². The molecule has 4 rings (SSSR count). The predicted molar refractivity (Wildman–Crippen MR) is 119 cm³/mol. The van der Waals surface area contributed by atoms with E-state index in [0.29, 0.717) is 11.5 Å². The number of hydrogen-bond donors (Lipinski definition) is 0. The molecule has 2 aliphatic carbocycles. The summed E-state index contributed by atoms with van der Waals surface area (Å²) in [6.45, 7) is 2.30. The Morgan fingerprint density at radius 1 is 0.867 bits per heavy atom. The summed E-state index contributed by atoms with van der Waals surface area (Å²) in [6.07, 6.45) is 12.3. The number of methoxy groups -OCH3 is 1. The monoisotopic (exact) mass is 412 g/mol. The molecule has 1 nitrogen and oxygen atoms in total. The number of halogens is 2. The minimum atomic E-state index is -0.663. The van der Waals surface area contributed by atoms with Crippen molar-refractivity contribution in [1.82, 2.24) is 0 Å². The van der Waals surface area contributed by atoms with Crippen molar-refractivity contribution in [3.63, 3.8) is 0 Å². The fourth-order valence-corrected chi connectivity index (χ4v) is 5.91. The summed E-state index contributed by atoms with van der Waals surface area (Å²) >= 11 is 0. The van der Waals surface area contributed by atoms with Crippen LogP contribution in [0.3, 0.4) is 0 Å². The van der Waals surface area contributed by atoms with Crippen LogP contribution in [0, 0.1) is 29.4 Å². The molecule has 0 amide bonds. The maximum Gasteiger partial charge on any atom is 0.190 e. The van der Waals surface area contributed by atoms with Gasteiger partial charge in [-0.3, -0.25) is 0 Å². The molecule has 0 N–H and O–H groups in total. The van der Waals surface area contributed by atoms with E-state index in [1.807, 2.05) is 12.1 Å². The molecule has 0 aliphatic heterocycles. The van der Waals surface area contributed by atoms with Crippen LogP contribution in [0.5, 0.6) is 5.75 Å². The molecule has 30 heavy (non-hydrogen) atoms. The Kier molecular flexibility index (Phi) is 6.75. The van der Waals surface area contributed by atoms with E-state index in [0.717, 1.165) is 23.3 Å². The first-order valence-corrected chi connectivity index (χ1v) is 11.7. The first-order chi connectivity index (χ1) is 14.6. The van der Waals surface area contributed by atoms with Gasteiger partial charge in [-0.2, -0.15) is 0 Å². The van der Waals surface area contributed by atoms with Crippen molar-refractivity contribution in [2.45, 2.75) is 70.6 Å². The van der Waals surface area contributed by atoms with E-state index in [9.17, 15) is 8.78 Å². The van der Waals surface area contributed by atoms with Gasteiger partial charge in [0.05, 0.1) is 7.11 Å². The minimum Gasteiger partial charge on any atom is -0.491 e. The fraction of sp³-hybridized carbons (Fsp3) is 0.556. The van der Waals surface area contributed by atoms with Crippen molar-refractivity contribution in [3.05, 3.63) is 53.6 Å². The third-order valence-electron chi connectivity index (χ3n) is 7.61. The minimum absolute atomic E-state index is 0.323. The maximum absolute atomic E-state index is 14.1. The number of ether oxygens (including phenoxy) is 1. The van der Waals surface area contributed by atoms with E-state index in [4.69, 9.17) is 4.74 Å². The molecule has 2 aliphatic rings. The summed E-state index contributed by atoms with van der Waals surface area (Å²) in [6, 6.07) is 11.0. The highest BCUT2D eigenvalue weighted by Gasteiger charge is 2.35. The molecule has 162 valence electrons. The Bertz CT molecular complexity index is 821. The highest BCUT2D eigenvalue weighted by atomic mass is 19.1. The highest BCUT2D eigenvalue weighted by molar-refractivity contribution is 5.65. The molecule has 2 saturated carbocycles. The molecule has 0 spiro atoms. The van der Waals surface area contributed by atoms with Gasteiger partial charge in [-0.05, 0) is 84.6 Å². The second-order valence-corrected chi connectivity index (χ2v) is 9.45. The smallest absolute Gasteiger partial charge is 0.190 e. The lowest BCUT2D eigenvalue weighted by atomic mass is 9.63. The van der Waals surface area contributed by atoms with Crippen LogP contribution in [0.15, 0.2) is 36.4 Å². The average Bonchev–Trinajstić information content (AvgIpc) is 2.77. The van der Waals surface area contributed by atoms with Gasteiger partial charge in [0.2, 0.25) is 0 Å². The number of hydrogen-bond acceptors (Lipinski definition) is 1. The van der Waals surface area contributed by atoms with Crippen LogP contribution >= 0.6 is 0 Å². The third-order valence-corrected chi connectivity index (χ3v) is 7.61. The molecule has 0 bridgehead atoms. The number of benzene rings is 2. The van der Waals surface area contributed by atoms with Gasteiger partial charge in [0.15, 0.2) is 17.4 Å². The van der Waals surface area contributed by atoms with Gasteiger partial charge in [0.1, 0.15) is 0 Å². The molecular weight excluding hydrogens is 378 g/mol. The molecule has 2 aromatic rings. The normalized spacial score (nSPS) is 26.3. The molecule has 0 radical (unpaired) electrons. The number of unbranched alkanes of at least 4 members (excludes halogenated alkanes) is 1. The Labute approximate surface area is 179 Å². The largest absolute Gasteiger partial charge is 0.491 e. The lowest BCUT2D eigenvalue weighted by molar-refractivity contribution is 0.113. The van der Waals surface area contributed by atoms with E-state index in [1.165, 1.54) is 82.6 Å². The first-order valence-electron chi connectivity index (χ1n) is 11.7. The summed E-state index contributed by atoms with van der Waals surface area (Å²) < 4.78 is 32.9. The van der Waals surface area contributed by atoms with Gasteiger partial charge in [0, 0.05) is 0 Å². The highest BCUT2D eigenvalue weighted by Crippen LogP contribution is 2.48. The van der Waals surface area contributed by atoms with Gasteiger partial charge in [-0.15, -0.1) is 0 Å². The number of rotatable bonds is 6. The lowest BCUT2D eigenvalue weighted by Crippen LogP contribution is -2.30. The van der Waals surface area contributed by atoms with Crippen molar-refractivity contribution in [2.24, 2.45) is 17.8 Å².